The number of anilines is 1. The number of aromatic nitrogens is 2. The number of rotatable bonds is 6. The van der Waals surface area contributed by atoms with E-state index in [0.717, 1.165) is 23.9 Å². The van der Waals surface area contributed by atoms with E-state index < -0.39 is 0 Å². The summed E-state index contributed by atoms with van der Waals surface area (Å²) in [6, 6.07) is 14.7. The van der Waals surface area contributed by atoms with Crippen LogP contribution in [-0.2, 0) is 4.79 Å². The van der Waals surface area contributed by atoms with E-state index in [-0.39, 0.29) is 23.7 Å². The van der Waals surface area contributed by atoms with E-state index in [1.807, 2.05) is 37.4 Å². The fourth-order valence-corrected chi connectivity index (χ4v) is 3.91. The Morgan fingerprint density at radius 1 is 1.20 bits per heavy atom. The predicted octanol–water partition coefficient (Wildman–Crippen LogP) is 3.01. The van der Waals surface area contributed by atoms with Gasteiger partial charge in [0.1, 0.15) is 11.6 Å². The number of para-hydroxylation sites is 2. The third kappa shape index (κ3) is 4.07. The Morgan fingerprint density at radius 3 is 2.77 bits per heavy atom. The number of carbonyl (C=O) groups excluding carboxylic acids is 1. The zero-order valence-electron chi connectivity index (χ0n) is 17.3. The lowest BCUT2D eigenvalue weighted by molar-refractivity contribution is -0.131. The van der Waals surface area contributed by atoms with Crippen molar-refractivity contribution in [2.45, 2.75) is 31.8 Å². The highest BCUT2D eigenvalue weighted by molar-refractivity contribution is 5.91. The number of likely N-dealkylation sites (N-methyl/N-ethyl adjacent to an activating group) is 1. The topological polar surface area (TPSA) is 90.4 Å². The number of hydrogen-bond donors (Lipinski definition) is 3. The maximum absolute atomic E-state index is 12.6. The molecule has 4 rings (SSSR count). The number of phenols is 1. The number of fused-ring (bicyclic) bond motifs is 1. The van der Waals surface area contributed by atoms with Crippen LogP contribution < -0.4 is 10.6 Å². The minimum Gasteiger partial charge on any atom is -0.507 e. The lowest BCUT2D eigenvalue weighted by Gasteiger charge is -2.20. The lowest BCUT2D eigenvalue weighted by Crippen LogP contribution is -2.41. The van der Waals surface area contributed by atoms with Crippen molar-refractivity contribution in [3.63, 3.8) is 0 Å². The Morgan fingerprint density at radius 2 is 1.97 bits per heavy atom. The monoisotopic (exact) mass is 405 g/mol. The van der Waals surface area contributed by atoms with E-state index in [0.29, 0.717) is 30.2 Å². The molecule has 0 spiro atoms. The average Bonchev–Trinajstić information content (AvgIpc) is 3.22. The van der Waals surface area contributed by atoms with Crippen LogP contribution in [0, 0.1) is 0 Å². The number of nitrogens with zero attached hydrogens (tertiary/aromatic N) is 3. The van der Waals surface area contributed by atoms with Gasteiger partial charge in [0.15, 0.2) is 5.82 Å². The molecule has 1 fully saturated rings. The largest absolute Gasteiger partial charge is 0.507 e. The first kappa shape index (κ1) is 20.1. The summed E-state index contributed by atoms with van der Waals surface area (Å²) in [6.45, 7) is 3.51. The molecule has 7 heteroatoms. The molecule has 0 bridgehead atoms. The van der Waals surface area contributed by atoms with Crippen LogP contribution in [0.25, 0.3) is 22.3 Å². The standard InChI is InChI=1S/C23H27N5O2/c1-3-12-28(2)23(30)19-13-15(14-24-19)25-21-16-8-4-6-10-18(16)26-22(27-21)17-9-5-7-11-20(17)29/h4-11,15,19,24,29H,3,12-14H2,1-2H3,(H,25,26,27)/t15-,19+/m0/s1. The second-order valence-corrected chi connectivity index (χ2v) is 7.73. The first-order valence-corrected chi connectivity index (χ1v) is 10.4. The van der Waals surface area contributed by atoms with Crippen LogP contribution in [0.1, 0.15) is 19.8 Å². The van der Waals surface area contributed by atoms with Crippen molar-refractivity contribution in [1.82, 2.24) is 20.2 Å². The van der Waals surface area contributed by atoms with Crippen molar-refractivity contribution in [1.29, 1.82) is 0 Å². The van der Waals surface area contributed by atoms with Gasteiger partial charge in [0.2, 0.25) is 5.91 Å². The molecule has 1 aromatic heterocycles. The summed E-state index contributed by atoms with van der Waals surface area (Å²) >= 11 is 0. The Hall–Kier alpha value is -3.19. The number of nitrogens with one attached hydrogen (secondary N) is 2. The number of phenolic OH excluding ortho intramolecular Hbond substituents is 1. The Labute approximate surface area is 176 Å². The number of carbonyl (C=O) groups is 1. The summed E-state index contributed by atoms with van der Waals surface area (Å²) in [5.74, 6) is 1.45. The van der Waals surface area contributed by atoms with Crippen LogP contribution in [0.2, 0.25) is 0 Å². The van der Waals surface area contributed by atoms with Crippen LogP contribution in [-0.4, -0.2) is 58.1 Å². The van der Waals surface area contributed by atoms with Crippen molar-refractivity contribution >= 4 is 22.6 Å². The van der Waals surface area contributed by atoms with E-state index in [2.05, 4.69) is 22.5 Å². The van der Waals surface area contributed by atoms with E-state index in [9.17, 15) is 9.90 Å². The summed E-state index contributed by atoms with van der Waals surface area (Å²) in [5.41, 5.74) is 1.39. The average molecular weight is 406 g/mol. The minimum absolute atomic E-state index is 0.0736. The third-order valence-electron chi connectivity index (χ3n) is 5.45. The van der Waals surface area contributed by atoms with Gasteiger partial charge in [0.25, 0.3) is 0 Å². The van der Waals surface area contributed by atoms with Crippen molar-refractivity contribution in [2.75, 3.05) is 25.5 Å². The van der Waals surface area contributed by atoms with Crippen molar-refractivity contribution in [2.24, 2.45) is 0 Å². The van der Waals surface area contributed by atoms with E-state index in [4.69, 9.17) is 4.98 Å². The Bertz CT molecular complexity index is 1050. The zero-order valence-corrected chi connectivity index (χ0v) is 17.3. The van der Waals surface area contributed by atoms with Crippen LogP contribution in [0.15, 0.2) is 48.5 Å². The molecule has 3 N–H and O–H groups in total. The van der Waals surface area contributed by atoms with Gasteiger partial charge < -0.3 is 20.6 Å². The molecule has 3 aromatic rings. The molecule has 30 heavy (non-hydrogen) atoms. The second-order valence-electron chi connectivity index (χ2n) is 7.73. The highest BCUT2D eigenvalue weighted by Crippen LogP contribution is 2.30. The van der Waals surface area contributed by atoms with Crippen LogP contribution >= 0.6 is 0 Å². The first-order chi connectivity index (χ1) is 14.6. The summed E-state index contributed by atoms with van der Waals surface area (Å²) in [4.78, 5) is 23.8. The molecule has 2 atom stereocenters. The maximum Gasteiger partial charge on any atom is 0.239 e. The van der Waals surface area contributed by atoms with Gasteiger partial charge in [-0.15, -0.1) is 0 Å². The molecule has 2 heterocycles. The molecule has 7 nitrogen and oxygen atoms in total. The van der Waals surface area contributed by atoms with E-state index in [1.165, 1.54) is 0 Å². The molecule has 1 saturated heterocycles. The van der Waals surface area contributed by atoms with Crippen LogP contribution in [0.4, 0.5) is 5.82 Å². The first-order valence-electron chi connectivity index (χ1n) is 10.4. The number of amides is 1. The molecule has 1 aliphatic rings. The fourth-order valence-electron chi connectivity index (χ4n) is 3.91. The third-order valence-corrected chi connectivity index (χ3v) is 5.45. The summed E-state index contributed by atoms with van der Waals surface area (Å²) in [6.07, 6.45) is 1.63. The maximum atomic E-state index is 12.6. The normalized spacial score (nSPS) is 18.5. The van der Waals surface area contributed by atoms with Gasteiger partial charge >= 0.3 is 0 Å². The van der Waals surface area contributed by atoms with Gasteiger partial charge in [-0.1, -0.05) is 31.2 Å². The van der Waals surface area contributed by atoms with E-state index >= 15 is 0 Å². The fraction of sp³-hybridized carbons (Fsp3) is 0.348. The molecule has 0 aliphatic carbocycles. The van der Waals surface area contributed by atoms with Gasteiger partial charge in [-0.25, -0.2) is 9.97 Å². The number of hydrogen-bond acceptors (Lipinski definition) is 6. The number of aromatic hydroxyl groups is 1. The van der Waals surface area contributed by atoms with Gasteiger partial charge in [-0.2, -0.15) is 0 Å². The molecule has 0 saturated carbocycles. The van der Waals surface area contributed by atoms with Gasteiger partial charge in [-0.3, -0.25) is 4.79 Å². The zero-order chi connectivity index (χ0) is 21.1. The second kappa shape index (κ2) is 8.67. The van der Waals surface area contributed by atoms with Crippen LogP contribution in [0.5, 0.6) is 5.75 Å². The highest BCUT2D eigenvalue weighted by atomic mass is 16.3. The molecule has 0 radical (unpaired) electrons. The molecule has 0 unspecified atom stereocenters. The SMILES string of the molecule is CCCN(C)C(=O)[C@H]1C[C@H](Nc2nc(-c3ccccc3O)nc3ccccc23)CN1. The van der Waals surface area contributed by atoms with Crippen molar-refractivity contribution in [3.05, 3.63) is 48.5 Å². The number of benzene rings is 2. The Kier molecular flexibility index (Phi) is 5.81. The van der Waals surface area contributed by atoms with Crippen LogP contribution in [0.3, 0.4) is 0 Å². The predicted molar refractivity (Wildman–Crippen MR) is 118 cm³/mol. The summed E-state index contributed by atoms with van der Waals surface area (Å²) in [7, 11) is 1.85. The van der Waals surface area contributed by atoms with Crippen molar-refractivity contribution < 1.29 is 9.90 Å². The smallest absolute Gasteiger partial charge is 0.239 e. The minimum atomic E-state index is -0.190. The summed E-state index contributed by atoms with van der Waals surface area (Å²) in [5, 5.41) is 18.0. The van der Waals surface area contributed by atoms with E-state index in [1.54, 1.807) is 23.1 Å². The van der Waals surface area contributed by atoms with Gasteiger partial charge in [0.05, 0.1) is 17.1 Å². The van der Waals surface area contributed by atoms with Gasteiger partial charge in [0, 0.05) is 31.6 Å². The molecule has 156 valence electrons. The molecule has 1 amide bonds. The van der Waals surface area contributed by atoms with Gasteiger partial charge in [-0.05, 0) is 37.1 Å². The quantitative estimate of drug-likeness (QED) is 0.584. The molecular formula is C23H27N5O2. The molecule has 2 aromatic carbocycles. The Balaban J connectivity index is 1.60. The van der Waals surface area contributed by atoms with Crippen molar-refractivity contribution in [3.8, 4) is 17.1 Å². The summed E-state index contributed by atoms with van der Waals surface area (Å²) < 4.78 is 0. The molecule has 1 aliphatic heterocycles. The molecular weight excluding hydrogens is 378 g/mol. The highest BCUT2D eigenvalue weighted by Gasteiger charge is 2.31. The lowest BCUT2D eigenvalue weighted by atomic mass is 10.1.